The lowest BCUT2D eigenvalue weighted by Gasteiger charge is -2.04. The fourth-order valence-corrected chi connectivity index (χ4v) is 0.732. The first-order valence-electron chi connectivity index (χ1n) is 4.08. The molecule has 3 heteroatoms. The third-order valence-corrected chi connectivity index (χ3v) is 1.47. The highest BCUT2D eigenvalue weighted by Gasteiger charge is 1.89. The topological polar surface area (TPSA) is 64.1 Å². The summed E-state index contributed by atoms with van der Waals surface area (Å²) in [4.78, 5) is 0. The molecular weight excluding hydrogens is 138 g/mol. The number of nitrogens with two attached hydrogens (primary N) is 2. The maximum Gasteiger partial charge on any atom is 0.0174 e. The van der Waals surface area contributed by atoms with Gasteiger partial charge in [-0.15, -0.1) is 0 Å². The van der Waals surface area contributed by atoms with Crippen LogP contribution in [0, 0.1) is 0 Å². The van der Waals surface area contributed by atoms with Crippen LogP contribution in [0.25, 0.3) is 0 Å². The smallest absolute Gasteiger partial charge is 0.0174 e. The van der Waals surface area contributed by atoms with Gasteiger partial charge in [0.15, 0.2) is 0 Å². The van der Waals surface area contributed by atoms with E-state index >= 15 is 0 Å². The van der Waals surface area contributed by atoms with E-state index in [-0.39, 0.29) is 0 Å². The SMILES string of the molecule is C=C(CN)CNCCCCN. The monoisotopic (exact) mass is 157 g/mol. The lowest BCUT2D eigenvalue weighted by atomic mass is 10.3. The Morgan fingerprint density at radius 2 is 2.00 bits per heavy atom. The molecule has 0 saturated carbocycles. The van der Waals surface area contributed by atoms with E-state index in [1.807, 2.05) is 0 Å². The van der Waals surface area contributed by atoms with Gasteiger partial charge < -0.3 is 16.8 Å². The zero-order valence-corrected chi connectivity index (χ0v) is 7.10. The Kier molecular flexibility index (Phi) is 7.46. The molecule has 0 aromatic heterocycles. The molecular formula is C8H19N3. The molecule has 0 aliphatic carbocycles. The summed E-state index contributed by atoms with van der Waals surface area (Å²) in [6, 6.07) is 0. The van der Waals surface area contributed by atoms with Crippen LogP contribution in [0.5, 0.6) is 0 Å². The van der Waals surface area contributed by atoms with Crippen LogP contribution in [-0.2, 0) is 0 Å². The van der Waals surface area contributed by atoms with Gasteiger partial charge in [-0.05, 0) is 25.9 Å². The molecule has 0 rings (SSSR count). The highest BCUT2D eigenvalue weighted by Crippen LogP contribution is 1.85. The molecule has 0 aliphatic heterocycles. The molecule has 0 bridgehead atoms. The molecule has 0 heterocycles. The van der Waals surface area contributed by atoms with Gasteiger partial charge in [-0.1, -0.05) is 12.2 Å². The summed E-state index contributed by atoms with van der Waals surface area (Å²) in [5, 5.41) is 3.24. The molecule has 0 aliphatic rings. The van der Waals surface area contributed by atoms with Gasteiger partial charge in [0.05, 0.1) is 0 Å². The van der Waals surface area contributed by atoms with E-state index < -0.39 is 0 Å². The highest BCUT2D eigenvalue weighted by atomic mass is 14.8. The molecule has 0 saturated heterocycles. The molecule has 0 spiro atoms. The average molecular weight is 157 g/mol. The highest BCUT2D eigenvalue weighted by molar-refractivity contribution is 4.97. The van der Waals surface area contributed by atoms with Gasteiger partial charge in [0.2, 0.25) is 0 Å². The third kappa shape index (κ3) is 7.52. The molecule has 5 N–H and O–H groups in total. The van der Waals surface area contributed by atoms with Crippen molar-refractivity contribution in [3.63, 3.8) is 0 Å². The fourth-order valence-electron chi connectivity index (χ4n) is 0.732. The minimum atomic E-state index is 0.573. The van der Waals surface area contributed by atoms with Gasteiger partial charge in [0.25, 0.3) is 0 Å². The molecule has 66 valence electrons. The molecule has 11 heavy (non-hydrogen) atoms. The maximum atomic E-state index is 5.35. The summed E-state index contributed by atoms with van der Waals surface area (Å²) in [5.74, 6) is 0. The summed E-state index contributed by atoms with van der Waals surface area (Å²) < 4.78 is 0. The van der Waals surface area contributed by atoms with Crippen LogP contribution in [0.3, 0.4) is 0 Å². The van der Waals surface area contributed by atoms with Crippen molar-refractivity contribution in [1.82, 2.24) is 5.32 Å². The van der Waals surface area contributed by atoms with E-state index in [1.54, 1.807) is 0 Å². The Bertz CT molecular complexity index is 102. The third-order valence-electron chi connectivity index (χ3n) is 1.47. The predicted molar refractivity (Wildman–Crippen MR) is 49.4 cm³/mol. The van der Waals surface area contributed by atoms with Crippen LogP contribution in [0.15, 0.2) is 12.2 Å². The van der Waals surface area contributed by atoms with Crippen LogP contribution in [0.2, 0.25) is 0 Å². The minimum absolute atomic E-state index is 0.573. The van der Waals surface area contributed by atoms with E-state index in [0.29, 0.717) is 6.54 Å². The Balaban J connectivity index is 2.95. The first kappa shape index (κ1) is 10.6. The van der Waals surface area contributed by atoms with Gasteiger partial charge in [-0.3, -0.25) is 0 Å². The van der Waals surface area contributed by atoms with E-state index in [4.69, 9.17) is 11.5 Å². The fraction of sp³-hybridized carbons (Fsp3) is 0.750. The number of rotatable bonds is 7. The van der Waals surface area contributed by atoms with Crippen LogP contribution in [0.1, 0.15) is 12.8 Å². The molecule has 0 aromatic rings. The molecule has 0 fully saturated rings. The van der Waals surface area contributed by atoms with Crippen LogP contribution in [0.4, 0.5) is 0 Å². The minimum Gasteiger partial charge on any atom is -0.330 e. The van der Waals surface area contributed by atoms with Crippen LogP contribution in [-0.4, -0.2) is 26.2 Å². The van der Waals surface area contributed by atoms with Crippen molar-refractivity contribution < 1.29 is 0 Å². The number of hydrogen-bond donors (Lipinski definition) is 3. The second kappa shape index (κ2) is 7.72. The molecule has 0 atom stereocenters. The van der Waals surface area contributed by atoms with Gasteiger partial charge in [-0.25, -0.2) is 0 Å². The van der Waals surface area contributed by atoms with Crippen molar-refractivity contribution in [2.24, 2.45) is 11.5 Å². The van der Waals surface area contributed by atoms with Crippen molar-refractivity contribution in [2.45, 2.75) is 12.8 Å². The van der Waals surface area contributed by atoms with Crippen LogP contribution >= 0.6 is 0 Å². The molecule has 0 radical (unpaired) electrons. The molecule has 0 unspecified atom stereocenters. The summed E-state index contributed by atoms with van der Waals surface area (Å²) in [6.07, 6.45) is 2.22. The number of hydrogen-bond acceptors (Lipinski definition) is 3. The number of unbranched alkanes of at least 4 members (excludes halogenated alkanes) is 1. The summed E-state index contributed by atoms with van der Waals surface area (Å²) in [5.41, 5.74) is 11.7. The lowest BCUT2D eigenvalue weighted by Crippen LogP contribution is -2.21. The van der Waals surface area contributed by atoms with Gasteiger partial charge in [0, 0.05) is 13.1 Å². The number of nitrogens with one attached hydrogen (secondary N) is 1. The van der Waals surface area contributed by atoms with Gasteiger partial charge in [0.1, 0.15) is 0 Å². The summed E-state index contributed by atoms with van der Waals surface area (Å²) >= 11 is 0. The van der Waals surface area contributed by atoms with E-state index in [1.165, 1.54) is 0 Å². The van der Waals surface area contributed by atoms with Gasteiger partial charge in [-0.2, -0.15) is 0 Å². The lowest BCUT2D eigenvalue weighted by molar-refractivity contribution is 0.650. The van der Waals surface area contributed by atoms with Crippen molar-refractivity contribution in [3.8, 4) is 0 Å². The molecule has 3 nitrogen and oxygen atoms in total. The second-order valence-corrected chi connectivity index (χ2v) is 2.63. The zero-order chi connectivity index (χ0) is 8.53. The quantitative estimate of drug-likeness (QED) is 0.355. The second-order valence-electron chi connectivity index (χ2n) is 2.63. The first-order valence-corrected chi connectivity index (χ1v) is 4.08. The Morgan fingerprint density at radius 3 is 2.55 bits per heavy atom. The molecule has 0 amide bonds. The predicted octanol–water partition coefficient (Wildman–Crippen LogP) is -0.170. The molecule has 0 aromatic carbocycles. The van der Waals surface area contributed by atoms with Crippen LogP contribution < -0.4 is 16.8 Å². The maximum absolute atomic E-state index is 5.35. The zero-order valence-electron chi connectivity index (χ0n) is 7.10. The van der Waals surface area contributed by atoms with Crippen molar-refractivity contribution in [2.75, 3.05) is 26.2 Å². The van der Waals surface area contributed by atoms with Crippen molar-refractivity contribution >= 4 is 0 Å². The Morgan fingerprint density at radius 1 is 1.27 bits per heavy atom. The first-order chi connectivity index (χ1) is 5.31. The standard InChI is InChI=1S/C8H19N3/c1-8(6-10)7-11-5-3-2-4-9/h11H,1-7,9-10H2. The summed E-state index contributed by atoms with van der Waals surface area (Å²) in [7, 11) is 0. The van der Waals surface area contributed by atoms with E-state index in [2.05, 4.69) is 11.9 Å². The Hall–Kier alpha value is -0.380. The van der Waals surface area contributed by atoms with E-state index in [0.717, 1.165) is 38.0 Å². The van der Waals surface area contributed by atoms with Crippen molar-refractivity contribution in [3.05, 3.63) is 12.2 Å². The Labute approximate surface area is 68.8 Å². The summed E-state index contributed by atoms with van der Waals surface area (Å²) in [6.45, 7) is 6.97. The normalized spacial score (nSPS) is 10.0. The largest absolute Gasteiger partial charge is 0.330 e. The van der Waals surface area contributed by atoms with Gasteiger partial charge >= 0.3 is 0 Å². The van der Waals surface area contributed by atoms with Crippen molar-refractivity contribution in [1.29, 1.82) is 0 Å². The van der Waals surface area contributed by atoms with E-state index in [9.17, 15) is 0 Å². The average Bonchev–Trinajstić information content (AvgIpc) is 2.04.